The predicted octanol–water partition coefficient (Wildman–Crippen LogP) is 4.62. The van der Waals surface area contributed by atoms with E-state index in [1.54, 1.807) is 0 Å². The van der Waals surface area contributed by atoms with E-state index in [0.29, 0.717) is 0 Å². The summed E-state index contributed by atoms with van der Waals surface area (Å²) in [5.74, 6) is 0. The molecule has 0 aromatic heterocycles. The number of rotatable bonds is 1. The molecule has 76 valence electrons. The van der Waals surface area contributed by atoms with Crippen molar-refractivity contribution in [3.8, 4) is 11.1 Å². The van der Waals surface area contributed by atoms with Gasteiger partial charge in [0.2, 0.25) is 0 Å². The van der Waals surface area contributed by atoms with Crippen LogP contribution in [-0.4, -0.2) is 0 Å². The van der Waals surface area contributed by atoms with Gasteiger partial charge in [-0.2, -0.15) is 0 Å². The van der Waals surface area contributed by atoms with E-state index in [9.17, 15) is 0 Å². The van der Waals surface area contributed by atoms with Gasteiger partial charge in [0.25, 0.3) is 0 Å². The fourth-order valence-corrected chi connectivity index (χ4v) is 2.10. The first-order valence-electron chi connectivity index (χ1n) is 5.00. The van der Waals surface area contributed by atoms with E-state index < -0.39 is 0 Å². The molecular weight excluding hydrogens is 204 g/mol. The maximum absolute atomic E-state index is 6.00. The van der Waals surface area contributed by atoms with Crippen LogP contribution in [0.4, 0.5) is 0 Å². The van der Waals surface area contributed by atoms with Gasteiger partial charge in [0.15, 0.2) is 0 Å². The lowest BCUT2D eigenvalue weighted by molar-refractivity contribution is 1.38. The Kier molecular flexibility index (Phi) is 2.79. The van der Waals surface area contributed by atoms with Crippen molar-refractivity contribution in [3.63, 3.8) is 0 Å². The number of hydrogen-bond acceptors (Lipinski definition) is 0. The standard InChI is InChI=1S/C14H13Cl/c1-10-5-3-6-11(2)14(10)12-7-4-8-13(15)9-12/h3-9H,1-2H3. The van der Waals surface area contributed by atoms with Crippen LogP contribution in [0.15, 0.2) is 42.5 Å². The Labute approximate surface area is 95.5 Å². The summed E-state index contributed by atoms with van der Waals surface area (Å²) in [6.07, 6.45) is 0. The molecule has 1 heteroatoms. The maximum Gasteiger partial charge on any atom is 0.0412 e. The Balaban J connectivity index is 2.63. The third-order valence-corrected chi connectivity index (χ3v) is 2.83. The minimum Gasteiger partial charge on any atom is -0.0843 e. The summed E-state index contributed by atoms with van der Waals surface area (Å²) in [5, 5.41) is 0.787. The second-order valence-corrected chi connectivity index (χ2v) is 4.21. The van der Waals surface area contributed by atoms with Crippen molar-refractivity contribution >= 4 is 11.6 Å². The first-order valence-corrected chi connectivity index (χ1v) is 5.38. The highest BCUT2D eigenvalue weighted by Crippen LogP contribution is 2.28. The highest BCUT2D eigenvalue weighted by atomic mass is 35.5. The molecule has 0 spiro atoms. The van der Waals surface area contributed by atoms with Crippen molar-refractivity contribution < 1.29 is 0 Å². The van der Waals surface area contributed by atoms with Gasteiger partial charge in [0.05, 0.1) is 0 Å². The Bertz CT molecular complexity index is 466. The highest BCUT2D eigenvalue weighted by Gasteiger charge is 2.04. The first-order chi connectivity index (χ1) is 7.18. The van der Waals surface area contributed by atoms with Crippen molar-refractivity contribution in [1.82, 2.24) is 0 Å². The lowest BCUT2D eigenvalue weighted by atomic mass is 9.96. The van der Waals surface area contributed by atoms with Crippen LogP contribution in [0.2, 0.25) is 5.02 Å². The van der Waals surface area contributed by atoms with Crippen LogP contribution in [-0.2, 0) is 0 Å². The minimum absolute atomic E-state index is 0.787. The van der Waals surface area contributed by atoms with Crippen LogP contribution in [0.3, 0.4) is 0 Å². The molecule has 2 aromatic rings. The van der Waals surface area contributed by atoms with E-state index in [1.165, 1.54) is 22.3 Å². The third-order valence-electron chi connectivity index (χ3n) is 2.59. The zero-order valence-electron chi connectivity index (χ0n) is 8.92. The van der Waals surface area contributed by atoms with E-state index >= 15 is 0 Å². The van der Waals surface area contributed by atoms with Crippen LogP contribution in [0.1, 0.15) is 11.1 Å². The average Bonchev–Trinajstić information content (AvgIpc) is 2.17. The molecule has 0 amide bonds. The van der Waals surface area contributed by atoms with Crippen LogP contribution in [0, 0.1) is 13.8 Å². The molecule has 0 fully saturated rings. The van der Waals surface area contributed by atoms with Gasteiger partial charge in [0.1, 0.15) is 0 Å². The second-order valence-electron chi connectivity index (χ2n) is 3.78. The Morgan fingerprint density at radius 2 is 1.47 bits per heavy atom. The minimum atomic E-state index is 0.787. The quantitative estimate of drug-likeness (QED) is 0.652. The Morgan fingerprint density at radius 1 is 0.867 bits per heavy atom. The molecule has 0 aliphatic heterocycles. The van der Waals surface area contributed by atoms with Crippen LogP contribution in [0.25, 0.3) is 11.1 Å². The molecule has 0 nitrogen and oxygen atoms in total. The van der Waals surface area contributed by atoms with Gasteiger partial charge in [-0.25, -0.2) is 0 Å². The third kappa shape index (κ3) is 2.05. The van der Waals surface area contributed by atoms with E-state index in [1.807, 2.05) is 18.2 Å². The molecule has 15 heavy (non-hydrogen) atoms. The maximum atomic E-state index is 6.00. The van der Waals surface area contributed by atoms with Crippen LogP contribution < -0.4 is 0 Å². The zero-order valence-corrected chi connectivity index (χ0v) is 9.68. The molecule has 0 unspecified atom stereocenters. The molecule has 0 radical (unpaired) electrons. The second kappa shape index (κ2) is 4.08. The molecule has 0 bridgehead atoms. The average molecular weight is 217 g/mol. The summed E-state index contributed by atoms with van der Waals surface area (Å²) in [6.45, 7) is 4.26. The Hall–Kier alpha value is -1.27. The molecule has 2 rings (SSSR count). The van der Waals surface area contributed by atoms with Crippen molar-refractivity contribution in [2.24, 2.45) is 0 Å². The lowest BCUT2D eigenvalue weighted by Crippen LogP contribution is -1.87. The number of halogens is 1. The van der Waals surface area contributed by atoms with Gasteiger partial charge in [-0.05, 0) is 48.2 Å². The monoisotopic (exact) mass is 216 g/mol. The summed E-state index contributed by atoms with van der Waals surface area (Å²) in [6, 6.07) is 14.3. The molecule has 0 saturated heterocycles. The largest absolute Gasteiger partial charge is 0.0843 e. The van der Waals surface area contributed by atoms with E-state index in [2.05, 4.69) is 38.1 Å². The first kappa shape index (κ1) is 10.3. The molecule has 2 aromatic carbocycles. The van der Waals surface area contributed by atoms with E-state index in [0.717, 1.165) is 5.02 Å². The topological polar surface area (TPSA) is 0 Å². The van der Waals surface area contributed by atoms with Crippen molar-refractivity contribution in [2.45, 2.75) is 13.8 Å². The predicted molar refractivity (Wildman–Crippen MR) is 66.4 cm³/mol. The number of aryl methyl sites for hydroxylation is 2. The number of hydrogen-bond donors (Lipinski definition) is 0. The molecule has 0 aliphatic carbocycles. The van der Waals surface area contributed by atoms with Crippen LogP contribution in [0.5, 0.6) is 0 Å². The van der Waals surface area contributed by atoms with Gasteiger partial charge in [-0.3, -0.25) is 0 Å². The normalized spacial score (nSPS) is 10.3. The van der Waals surface area contributed by atoms with Gasteiger partial charge in [0, 0.05) is 5.02 Å². The van der Waals surface area contributed by atoms with Crippen molar-refractivity contribution in [1.29, 1.82) is 0 Å². The Morgan fingerprint density at radius 3 is 2.07 bits per heavy atom. The van der Waals surface area contributed by atoms with Crippen molar-refractivity contribution in [2.75, 3.05) is 0 Å². The molecular formula is C14H13Cl. The fourth-order valence-electron chi connectivity index (χ4n) is 1.91. The summed E-state index contributed by atoms with van der Waals surface area (Å²) in [5.41, 5.74) is 5.06. The summed E-state index contributed by atoms with van der Waals surface area (Å²) < 4.78 is 0. The summed E-state index contributed by atoms with van der Waals surface area (Å²) in [4.78, 5) is 0. The molecule has 0 saturated carbocycles. The number of benzene rings is 2. The van der Waals surface area contributed by atoms with Crippen molar-refractivity contribution in [3.05, 3.63) is 58.6 Å². The summed E-state index contributed by atoms with van der Waals surface area (Å²) in [7, 11) is 0. The molecule has 0 N–H and O–H groups in total. The fraction of sp³-hybridized carbons (Fsp3) is 0.143. The van der Waals surface area contributed by atoms with Gasteiger partial charge in [-0.15, -0.1) is 0 Å². The lowest BCUT2D eigenvalue weighted by Gasteiger charge is -2.09. The molecule has 0 atom stereocenters. The molecule has 0 aliphatic rings. The molecule has 0 heterocycles. The highest BCUT2D eigenvalue weighted by molar-refractivity contribution is 6.30. The van der Waals surface area contributed by atoms with Gasteiger partial charge in [-0.1, -0.05) is 41.9 Å². The van der Waals surface area contributed by atoms with Crippen LogP contribution >= 0.6 is 11.6 Å². The van der Waals surface area contributed by atoms with Gasteiger partial charge < -0.3 is 0 Å². The van der Waals surface area contributed by atoms with E-state index in [-0.39, 0.29) is 0 Å². The zero-order chi connectivity index (χ0) is 10.8. The SMILES string of the molecule is Cc1cccc(C)c1-c1cccc(Cl)c1. The smallest absolute Gasteiger partial charge is 0.0412 e. The summed E-state index contributed by atoms with van der Waals surface area (Å²) >= 11 is 6.00. The van der Waals surface area contributed by atoms with E-state index in [4.69, 9.17) is 11.6 Å². The van der Waals surface area contributed by atoms with Gasteiger partial charge >= 0.3 is 0 Å².